The van der Waals surface area contributed by atoms with Crippen molar-refractivity contribution in [2.45, 2.75) is 5.75 Å². The Morgan fingerprint density at radius 3 is 3.00 bits per heavy atom. The molecule has 0 saturated carbocycles. The molecule has 1 unspecified atom stereocenters. The van der Waals surface area contributed by atoms with Crippen molar-refractivity contribution < 1.29 is 4.79 Å². The van der Waals surface area contributed by atoms with Gasteiger partial charge in [0.15, 0.2) is 17.4 Å². The number of carbonyl (C=O) groups is 1. The first-order valence-electron chi connectivity index (χ1n) is 2.50. The molecule has 1 atom stereocenters. The molecule has 9 heavy (non-hydrogen) atoms. The standard InChI is InChI=1S/C6H6ClOS/c7-6-1-3-9(5-6)4-2-8/h1-3,5H,4H2/q+1. The Kier molecular flexibility index (Phi) is 2.25. The molecule has 1 rings (SSSR count). The molecule has 1 aromatic rings. The average Bonchev–Trinajstić information content (AvgIpc) is 2.17. The van der Waals surface area contributed by atoms with Gasteiger partial charge >= 0.3 is 0 Å². The largest absolute Gasteiger partial charge is 0.298 e. The zero-order valence-corrected chi connectivity index (χ0v) is 6.28. The first-order valence-corrected chi connectivity index (χ1v) is 4.40. The van der Waals surface area contributed by atoms with Gasteiger partial charge in [-0.05, 0) is 10.5 Å². The number of aldehydes is 1. The maximum Gasteiger partial charge on any atom is 0.182 e. The number of carbonyl (C=O) groups excluding carboxylic acids is 1. The van der Waals surface area contributed by atoms with Crippen molar-refractivity contribution in [3.63, 3.8) is 0 Å². The van der Waals surface area contributed by atoms with Gasteiger partial charge in [-0.15, -0.1) is 0 Å². The van der Waals surface area contributed by atoms with Crippen LogP contribution in [0, 0.1) is 0 Å². The molecule has 0 bridgehead atoms. The zero-order valence-electron chi connectivity index (χ0n) is 4.71. The van der Waals surface area contributed by atoms with Crippen LogP contribution >= 0.6 is 22.1 Å². The molecule has 48 valence electrons. The quantitative estimate of drug-likeness (QED) is 0.481. The fourth-order valence-corrected chi connectivity index (χ4v) is 2.17. The van der Waals surface area contributed by atoms with Gasteiger partial charge in [0.1, 0.15) is 5.38 Å². The van der Waals surface area contributed by atoms with Crippen LogP contribution in [0.4, 0.5) is 0 Å². The molecule has 0 spiro atoms. The van der Waals surface area contributed by atoms with E-state index in [0.29, 0.717) is 5.75 Å². The van der Waals surface area contributed by atoms with E-state index in [2.05, 4.69) is 0 Å². The highest BCUT2D eigenvalue weighted by atomic mass is 35.5. The molecule has 0 aliphatic rings. The fourth-order valence-electron chi connectivity index (χ4n) is 0.558. The van der Waals surface area contributed by atoms with Crippen LogP contribution in [0.5, 0.6) is 0 Å². The number of halogens is 1. The van der Waals surface area contributed by atoms with Gasteiger partial charge < -0.3 is 0 Å². The summed E-state index contributed by atoms with van der Waals surface area (Å²) >= 11 is 5.61. The molecule has 0 aromatic carbocycles. The molecule has 0 aliphatic heterocycles. The van der Waals surface area contributed by atoms with Gasteiger partial charge in [-0.25, -0.2) is 0 Å². The molecular formula is C6H6ClOS+. The van der Waals surface area contributed by atoms with E-state index in [1.807, 2.05) is 16.8 Å². The summed E-state index contributed by atoms with van der Waals surface area (Å²) < 4.78 is 0. The molecule has 0 fully saturated rings. The SMILES string of the molecule is O=CC[s+]1ccc(Cl)c1. The molecular weight excluding hydrogens is 156 g/mol. The summed E-state index contributed by atoms with van der Waals surface area (Å²) in [6, 6.07) is 1.83. The average molecular weight is 162 g/mol. The van der Waals surface area contributed by atoms with Gasteiger partial charge in [0.05, 0.1) is 5.02 Å². The van der Waals surface area contributed by atoms with Crippen molar-refractivity contribution in [1.29, 1.82) is 0 Å². The molecule has 1 nitrogen and oxygen atoms in total. The van der Waals surface area contributed by atoms with E-state index in [0.717, 1.165) is 11.3 Å². The highest BCUT2D eigenvalue weighted by Crippen LogP contribution is 2.23. The predicted molar refractivity (Wildman–Crippen MR) is 40.0 cm³/mol. The smallest absolute Gasteiger partial charge is 0.182 e. The van der Waals surface area contributed by atoms with Gasteiger partial charge in [-0.2, -0.15) is 0 Å². The highest BCUT2D eigenvalue weighted by Gasteiger charge is 2.02. The van der Waals surface area contributed by atoms with Crippen LogP contribution in [0.25, 0.3) is 0 Å². The van der Waals surface area contributed by atoms with Gasteiger partial charge in [-0.1, -0.05) is 11.6 Å². The van der Waals surface area contributed by atoms with Gasteiger partial charge in [0, 0.05) is 6.07 Å². The lowest BCUT2D eigenvalue weighted by molar-refractivity contribution is -0.106. The molecule has 1 aromatic heterocycles. The number of rotatable bonds is 2. The number of thiophene rings is 1. The summed E-state index contributed by atoms with van der Waals surface area (Å²) in [5.74, 6) is 0.576. The summed E-state index contributed by atoms with van der Waals surface area (Å²) in [4.78, 5) is 9.97. The van der Waals surface area contributed by atoms with E-state index < -0.39 is 0 Å². The minimum atomic E-state index is 0. The third-order valence-electron chi connectivity index (χ3n) is 0.927. The maximum atomic E-state index is 9.97. The Morgan fingerprint density at radius 2 is 2.56 bits per heavy atom. The summed E-state index contributed by atoms with van der Waals surface area (Å²) in [7, 11) is 0. The van der Waals surface area contributed by atoms with Crippen molar-refractivity contribution in [2.75, 3.05) is 0 Å². The minimum absolute atomic E-state index is 0. The second-order valence-corrected chi connectivity index (χ2v) is 3.82. The molecule has 0 saturated heterocycles. The van der Waals surface area contributed by atoms with Gasteiger partial charge in [0.25, 0.3) is 0 Å². The Morgan fingerprint density at radius 1 is 1.78 bits per heavy atom. The lowest BCUT2D eigenvalue weighted by Crippen LogP contribution is -1.68. The van der Waals surface area contributed by atoms with Crippen LogP contribution in [0.15, 0.2) is 16.8 Å². The third kappa shape index (κ3) is 1.80. The molecule has 0 amide bonds. The normalized spacial score (nSPS) is 11.4. The Hall–Kier alpha value is -0.340. The fraction of sp³-hybridized carbons (Fsp3) is 0.167. The van der Waals surface area contributed by atoms with E-state index in [9.17, 15) is 4.79 Å². The van der Waals surface area contributed by atoms with Crippen molar-refractivity contribution in [3.8, 4) is 0 Å². The van der Waals surface area contributed by atoms with E-state index in [4.69, 9.17) is 11.6 Å². The molecule has 0 N–H and O–H groups in total. The van der Waals surface area contributed by atoms with E-state index in [1.165, 1.54) is 0 Å². The van der Waals surface area contributed by atoms with Crippen molar-refractivity contribution >= 4 is 28.4 Å². The van der Waals surface area contributed by atoms with E-state index in [-0.39, 0.29) is 10.5 Å². The molecule has 0 radical (unpaired) electrons. The van der Waals surface area contributed by atoms with E-state index in [1.54, 1.807) is 0 Å². The van der Waals surface area contributed by atoms with E-state index >= 15 is 0 Å². The maximum absolute atomic E-state index is 9.97. The highest BCUT2D eigenvalue weighted by molar-refractivity contribution is 7.28. The Labute approximate surface area is 61.2 Å². The third-order valence-corrected chi connectivity index (χ3v) is 2.85. The van der Waals surface area contributed by atoms with Gasteiger partial charge in [0.2, 0.25) is 0 Å². The van der Waals surface area contributed by atoms with Crippen LogP contribution < -0.4 is 0 Å². The van der Waals surface area contributed by atoms with Crippen molar-refractivity contribution in [2.24, 2.45) is 0 Å². The molecule has 1 heterocycles. The monoisotopic (exact) mass is 161 g/mol. The van der Waals surface area contributed by atoms with Crippen LogP contribution in [-0.2, 0) is 10.5 Å². The lowest BCUT2D eigenvalue weighted by atomic mass is 10.7. The van der Waals surface area contributed by atoms with Crippen molar-refractivity contribution in [1.82, 2.24) is 0 Å². The second-order valence-electron chi connectivity index (χ2n) is 1.61. The number of hydrogen-bond donors (Lipinski definition) is 0. The minimum Gasteiger partial charge on any atom is -0.298 e. The summed E-state index contributed by atoms with van der Waals surface area (Å²) in [6.07, 6.45) is 0.916. The second kappa shape index (κ2) is 2.99. The summed E-state index contributed by atoms with van der Waals surface area (Å²) in [5, 5.41) is 4.60. The first-order chi connectivity index (χ1) is 4.33. The molecule has 3 heteroatoms. The first kappa shape index (κ1) is 6.78. The lowest BCUT2D eigenvalue weighted by Gasteiger charge is -1.70. The topological polar surface area (TPSA) is 17.1 Å². The Balaban J connectivity index is 2.72. The number of hydrogen-bond acceptors (Lipinski definition) is 1. The van der Waals surface area contributed by atoms with Crippen LogP contribution in [0.1, 0.15) is 0 Å². The zero-order chi connectivity index (χ0) is 6.69. The van der Waals surface area contributed by atoms with Gasteiger partial charge in [-0.3, -0.25) is 4.79 Å². The van der Waals surface area contributed by atoms with Crippen LogP contribution in [0.2, 0.25) is 5.02 Å². The van der Waals surface area contributed by atoms with Crippen LogP contribution in [0.3, 0.4) is 0 Å². The molecule has 0 aliphatic carbocycles. The Bertz CT molecular complexity index is 207. The predicted octanol–water partition coefficient (Wildman–Crippen LogP) is 2.29. The van der Waals surface area contributed by atoms with Crippen molar-refractivity contribution in [3.05, 3.63) is 21.8 Å². The summed E-state index contributed by atoms with van der Waals surface area (Å²) in [6.45, 7) is 0. The summed E-state index contributed by atoms with van der Waals surface area (Å²) in [5.41, 5.74) is 0. The van der Waals surface area contributed by atoms with Crippen LogP contribution in [-0.4, -0.2) is 6.29 Å².